The van der Waals surface area contributed by atoms with Crippen molar-refractivity contribution >= 4 is 11.3 Å². The van der Waals surface area contributed by atoms with Crippen molar-refractivity contribution in [2.45, 2.75) is 12.8 Å². The van der Waals surface area contributed by atoms with Gasteiger partial charge in [-0.15, -0.1) is 11.3 Å². The van der Waals surface area contributed by atoms with Gasteiger partial charge in [-0.1, -0.05) is 0 Å². The molecule has 90 valence electrons. The van der Waals surface area contributed by atoms with Gasteiger partial charge in [0.2, 0.25) is 0 Å². The van der Waals surface area contributed by atoms with Crippen molar-refractivity contribution in [1.82, 2.24) is 4.98 Å². The molecule has 0 atom stereocenters. The fourth-order valence-corrected chi connectivity index (χ4v) is 2.43. The van der Waals surface area contributed by atoms with Crippen molar-refractivity contribution < 1.29 is 4.74 Å². The summed E-state index contributed by atoms with van der Waals surface area (Å²) in [5, 5.41) is 3.16. The molecule has 2 N–H and O–H groups in total. The van der Waals surface area contributed by atoms with Crippen LogP contribution < -0.4 is 10.5 Å². The van der Waals surface area contributed by atoms with E-state index in [1.165, 1.54) is 0 Å². The Bertz CT molecular complexity index is 465. The Hall–Kier alpha value is -1.39. The minimum Gasteiger partial charge on any atom is -0.497 e. The maximum absolute atomic E-state index is 5.49. The first-order valence-corrected chi connectivity index (χ1v) is 6.50. The molecule has 0 amide bonds. The number of hydrogen-bond donors (Lipinski definition) is 1. The molecule has 3 nitrogen and oxygen atoms in total. The van der Waals surface area contributed by atoms with E-state index in [0.29, 0.717) is 0 Å². The van der Waals surface area contributed by atoms with Crippen LogP contribution in [0, 0.1) is 0 Å². The second-order valence-electron chi connectivity index (χ2n) is 3.76. The minimum absolute atomic E-state index is 0.718. The van der Waals surface area contributed by atoms with Gasteiger partial charge < -0.3 is 10.5 Å². The van der Waals surface area contributed by atoms with Crippen molar-refractivity contribution in [2.75, 3.05) is 13.7 Å². The van der Waals surface area contributed by atoms with Crippen LogP contribution in [0.5, 0.6) is 5.75 Å². The van der Waals surface area contributed by atoms with Crippen LogP contribution in [0.1, 0.15) is 12.1 Å². The summed E-state index contributed by atoms with van der Waals surface area (Å²) in [5.74, 6) is 0.869. The van der Waals surface area contributed by atoms with Crippen molar-refractivity contribution in [3.05, 3.63) is 35.3 Å². The standard InChI is InChI=1S/C13H16N2OS/c1-16-12-6-4-10(5-7-12)13-15-11(9-17-13)3-2-8-14/h4-7,9H,2-3,8,14H2,1H3. The summed E-state index contributed by atoms with van der Waals surface area (Å²) >= 11 is 1.67. The Balaban J connectivity index is 2.12. The Morgan fingerprint density at radius 1 is 1.29 bits per heavy atom. The van der Waals surface area contributed by atoms with E-state index in [9.17, 15) is 0 Å². The van der Waals surface area contributed by atoms with Crippen molar-refractivity contribution in [3.63, 3.8) is 0 Å². The van der Waals surface area contributed by atoms with Gasteiger partial charge >= 0.3 is 0 Å². The Morgan fingerprint density at radius 3 is 2.71 bits per heavy atom. The highest BCUT2D eigenvalue weighted by molar-refractivity contribution is 7.13. The Labute approximate surface area is 105 Å². The highest BCUT2D eigenvalue weighted by Gasteiger charge is 2.04. The lowest BCUT2D eigenvalue weighted by Gasteiger charge is -2.00. The number of nitrogens with zero attached hydrogens (tertiary/aromatic N) is 1. The van der Waals surface area contributed by atoms with Gasteiger partial charge in [-0.2, -0.15) is 0 Å². The maximum Gasteiger partial charge on any atom is 0.123 e. The van der Waals surface area contributed by atoms with E-state index >= 15 is 0 Å². The second kappa shape index (κ2) is 5.80. The molecule has 0 bridgehead atoms. The summed E-state index contributed by atoms with van der Waals surface area (Å²) in [4.78, 5) is 4.60. The molecule has 1 heterocycles. The number of methoxy groups -OCH3 is 1. The van der Waals surface area contributed by atoms with Crippen LogP contribution in [-0.4, -0.2) is 18.6 Å². The molecule has 2 aromatic rings. The SMILES string of the molecule is COc1ccc(-c2nc(CCCN)cs2)cc1. The van der Waals surface area contributed by atoms with Gasteiger partial charge in [-0.3, -0.25) is 0 Å². The Morgan fingerprint density at radius 2 is 2.06 bits per heavy atom. The van der Waals surface area contributed by atoms with E-state index < -0.39 is 0 Å². The molecule has 0 spiro atoms. The lowest BCUT2D eigenvalue weighted by Crippen LogP contribution is -2.00. The van der Waals surface area contributed by atoms with Gasteiger partial charge in [0.05, 0.1) is 12.8 Å². The number of rotatable bonds is 5. The van der Waals surface area contributed by atoms with Crippen molar-refractivity contribution in [3.8, 4) is 16.3 Å². The van der Waals surface area contributed by atoms with Crippen molar-refractivity contribution in [2.24, 2.45) is 5.73 Å². The number of thiazole rings is 1. The third-order valence-electron chi connectivity index (χ3n) is 2.53. The molecular formula is C13H16N2OS. The zero-order valence-electron chi connectivity index (χ0n) is 9.85. The van der Waals surface area contributed by atoms with E-state index in [2.05, 4.69) is 10.4 Å². The fraction of sp³-hybridized carbons (Fsp3) is 0.308. The molecule has 0 radical (unpaired) electrons. The van der Waals surface area contributed by atoms with E-state index in [1.807, 2.05) is 24.3 Å². The summed E-state index contributed by atoms with van der Waals surface area (Å²) in [6.45, 7) is 0.718. The molecule has 0 fully saturated rings. The van der Waals surface area contributed by atoms with Gasteiger partial charge in [-0.25, -0.2) is 4.98 Å². The number of nitrogens with two attached hydrogens (primary N) is 1. The minimum atomic E-state index is 0.718. The largest absolute Gasteiger partial charge is 0.497 e. The predicted octanol–water partition coefficient (Wildman–Crippen LogP) is 2.71. The topological polar surface area (TPSA) is 48.1 Å². The number of ether oxygens (including phenoxy) is 1. The van der Waals surface area contributed by atoms with Gasteiger partial charge in [-0.05, 0) is 43.7 Å². The van der Waals surface area contributed by atoms with E-state index in [1.54, 1.807) is 18.4 Å². The van der Waals surface area contributed by atoms with Crippen LogP contribution in [-0.2, 0) is 6.42 Å². The molecule has 2 rings (SSSR count). The Kier molecular flexibility index (Phi) is 4.12. The summed E-state index contributed by atoms with van der Waals surface area (Å²) in [5.41, 5.74) is 7.75. The lowest BCUT2D eigenvalue weighted by atomic mass is 10.2. The number of aromatic nitrogens is 1. The molecule has 17 heavy (non-hydrogen) atoms. The molecule has 0 saturated heterocycles. The van der Waals surface area contributed by atoms with E-state index in [4.69, 9.17) is 10.5 Å². The average Bonchev–Trinajstić information content (AvgIpc) is 2.85. The number of hydrogen-bond acceptors (Lipinski definition) is 4. The van der Waals surface area contributed by atoms with Crippen molar-refractivity contribution in [1.29, 1.82) is 0 Å². The van der Waals surface area contributed by atoms with Crippen LogP contribution >= 0.6 is 11.3 Å². The maximum atomic E-state index is 5.49. The van der Waals surface area contributed by atoms with Gasteiger partial charge in [0, 0.05) is 10.9 Å². The summed E-state index contributed by atoms with van der Waals surface area (Å²) < 4.78 is 5.13. The summed E-state index contributed by atoms with van der Waals surface area (Å²) in [7, 11) is 1.67. The van der Waals surface area contributed by atoms with Crippen LogP contribution in [0.2, 0.25) is 0 Å². The first-order valence-electron chi connectivity index (χ1n) is 5.62. The summed E-state index contributed by atoms with van der Waals surface area (Å²) in [6.07, 6.45) is 1.95. The molecule has 1 aromatic heterocycles. The molecule has 0 unspecified atom stereocenters. The number of benzene rings is 1. The third kappa shape index (κ3) is 3.05. The lowest BCUT2D eigenvalue weighted by molar-refractivity contribution is 0.415. The van der Waals surface area contributed by atoms with Crippen LogP contribution in [0.4, 0.5) is 0 Å². The third-order valence-corrected chi connectivity index (χ3v) is 3.47. The van der Waals surface area contributed by atoms with Crippen LogP contribution in [0.25, 0.3) is 10.6 Å². The highest BCUT2D eigenvalue weighted by atomic mass is 32.1. The fourth-order valence-electron chi connectivity index (χ4n) is 1.57. The molecule has 1 aromatic carbocycles. The molecule has 4 heteroatoms. The molecule has 0 aliphatic carbocycles. The van der Waals surface area contributed by atoms with Gasteiger partial charge in [0.1, 0.15) is 10.8 Å². The van der Waals surface area contributed by atoms with E-state index in [0.717, 1.165) is 41.4 Å². The first-order chi connectivity index (χ1) is 8.33. The van der Waals surface area contributed by atoms with Gasteiger partial charge in [0.25, 0.3) is 0 Å². The van der Waals surface area contributed by atoms with Crippen LogP contribution in [0.3, 0.4) is 0 Å². The van der Waals surface area contributed by atoms with Gasteiger partial charge in [0.15, 0.2) is 0 Å². The molecule has 0 saturated carbocycles. The zero-order valence-corrected chi connectivity index (χ0v) is 10.7. The second-order valence-corrected chi connectivity index (χ2v) is 4.62. The molecular weight excluding hydrogens is 232 g/mol. The zero-order chi connectivity index (χ0) is 12.1. The number of aryl methyl sites for hydroxylation is 1. The highest BCUT2D eigenvalue weighted by Crippen LogP contribution is 2.25. The smallest absolute Gasteiger partial charge is 0.123 e. The molecule has 0 aliphatic heterocycles. The predicted molar refractivity (Wildman–Crippen MR) is 71.5 cm³/mol. The van der Waals surface area contributed by atoms with Crippen LogP contribution in [0.15, 0.2) is 29.6 Å². The quantitative estimate of drug-likeness (QED) is 0.885. The first kappa shape index (κ1) is 12.1. The normalized spacial score (nSPS) is 10.5. The average molecular weight is 248 g/mol. The molecule has 0 aliphatic rings. The van der Waals surface area contributed by atoms with E-state index in [-0.39, 0.29) is 0 Å². The summed E-state index contributed by atoms with van der Waals surface area (Å²) in [6, 6.07) is 7.97. The monoisotopic (exact) mass is 248 g/mol.